The third-order valence-corrected chi connectivity index (χ3v) is 4.82. The van der Waals surface area contributed by atoms with E-state index in [2.05, 4.69) is 14.7 Å². The van der Waals surface area contributed by atoms with Crippen LogP contribution in [0, 0.1) is 11.8 Å². The lowest BCUT2D eigenvalue weighted by atomic mass is 10.0. The first-order valence-electron chi connectivity index (χ1n) is 7.72. The SMILES string of the molecule is CC(C)(N)COc1nsc(NC(=O)N2CC3CCCC3C2)n1. The fraction of sp³-hybridized carbons (Fsp3) is 0.786. The van der Waals surface area contributed by atoms with Gasteiger partial charge in [0.25, 0.3) is 0 Å². The van der Waals surface area contributed by atoms with Crippen molar-refractivity contribution in [2.24, 2.45) is 17.6 Å². The van der Waals surface area contributed by atoms with Crippen molar-refractivity contribution in [2.45, 2.75) is 38.6 Å². The predicted octanol–water partition coefficient (Wildman–Crippen LogP) is 1.92. The fourth-order valence-corrected chi connectivity index (χ4v) is 3.65. The molecular formula is C14H23N5O2S. The lowest BCUT2D eigenvalue weighted by molar-refractivity contribution is 0.218. The second kappa shape index (κ2) is 6.00. The van der Waals surface area contributed by atoms with Crippen LogP contribution >= 0.6 is 11.5 Å². The summed E-state index contributed by atoms with van der Waals surface area (Å²) >= 11 is 1.12. The Morgan fingerprint density at radius 2 is 2.14 bits per heavy atom. The van der Waals surface area contributed by atoms with Gasteiger partial charge in [0.1, 0.15) is 6.61 Å². The Bertz CT molecular complexity index is 530. The van der Waals surface area contributed by atoms with Crippen LogP contribution in [0.5, 0.6) is 6.01 Å². The highest BCUT2D eigenvalue weighted by Crippen LogP contribution is 2.37. The molecule has 2 heterocycles. The zero-order valence-electron chi connectivity index (χ0n) is 13.0. The Hall–Kier alpha value is -1.41. The molecule has 1 aromatic heterocycles. The molecule has 1 aliphatic carbocycles. The number of rotatable bonds is 4. The Labute approximate surface area is 134 Å². The smallest absolute Gasteiger partial charge is 0.330 e. The quantitative estimate of drug-likeness (QED) is 0.882. The maximum absolute atomic E-state index is 12.3. The van der Waals surface area contributed by atoms with Crippen molar-refractivity contribution in [2.75, 3.05) is 25.0 Å². The number of nitrogens with zero attached hydrogens (tertiary/aromatic N) is 3. The molecule has 122 valence electrons. The maximum Gasteiger partial charge on any atom is 0.330 e. The van der Waals surface area contributed by atoms with Crippen LogP contribution in [0.25, 0.3) is 0 Å². The molecule has 1 aromatic rings. The van der Waals surface area contributed by atoms with E-state index < -0.39 is 5.54 Å². The molecule has 1 aliphatic heterocycles. The predicted molar refractivity (Wildman–Crippen MR) is 85.1 cm³/mol. The van der Waals surface area contributed by atoms with Crippen LogP contribution in [0.2, 0.25) is 0 Å². The summed E-state index contributed by atoms with van der Waals surface area (Å²) in [5.74, 6) is 1.37. The van der Waals surface area contributed by atoms with Gasteiger partial charge >= 0.3 is 12.0 Å². The summed E-state index contributed by atoms with van der Waals surface area (Å²) in [5.41, 5.74) is 5.40. The van der Waals surface area contributed by atoms with Crippen LogP contribution in [0.3, 0.4) is 0 Å². The molecular weight excluding hydrogens is 302 g/mol. The van der Waals surface area contributed by atoms with Crippen LogP contribution in [0.15, 0.2) is 0 Å². The number of carbonyl (C=O) groups is 1. The van der Waals surface area contributed by atoms with E-state index in [4.69, 9.17) is 10.5 Å². The van der Waals surface area contributed by atoms with Crippen LogP contribution in [0.4, 0.5) is 9.93 Å². The lowest BCUT2D eigenvalue weighted by Gasteiger charge is -2.17. The summed E-state index contributed by atoms with van der Waals surface area (Å²) in [6, 6.07) is 0.174. The Morgan fingerprint density at radius 3 is 2.77 bits per heavy atom. The zero-order valence-corrected chi connectivity index (χ0v) is 13.9. The first-order valence-corrected chi connectivity index (χ1v) is 8.49. The van der Waals surface area contributed by atoms with Crippen molar-refractivity contribution >= 4 is 22.7 Å². The van der Waals surface area contributed by atoms with E-state index in [1.165, 1.54) is 19.3 Å². The minimum absolute atomic E-state index is 0.0868. The van der Waals surface area contributed by atoms with E-state index in [1.54, 1.807) is 0 Å². The molecule has 0 bridgehead atoms. The van der Waals surface area contributed by atoms with Crippen LogP contribution < -0.4 is 15.8 Å². The van der Waals surface area contributed by atoms with Gasteiger partial charge in [-0.05, 0) is 38.5 Å². The van der Waals surface area contributed by atoms with Gasteiger partial charge in [0, 0.05) is 30.2 Å². The summed E-state index contributed by atoms with van der Waals surface area (Å²) in [5, 5.41) is 3.28. The van der Waals surface area contributed by atoms with Gasteiger partial charge < -0.3 is 15.4 Å². The Kier molecular flexibility index (Phi) is 4.22. The zero-order chi connectivity index (χ0) is 15.7. The number of aromatic nitrogens is 2. The van der Waals surface area contributed by atoms with E-state index >= 15 is 0 Å². The van der Waals surface area contributed by atoms with E-state index in [9.17, 15) is 4.79 Å². The lowest BCUT2D eigenvalue weighted by Crippen LogP contribution is -2.38. The van der Waals surface area contributed by atoms with Crippen molar-refractivity contribution in [3.8, 4) is 6.01 Å². The van der Waals surface area contributed by atoms with Gasteiger partial charge in [-0.1, -0.05) is 6.42 Å². The van der Waals surface area contributed by atoms with E-state index in [-0.39, 0.29) is 12.0 Å². The highest BCUT2D eigenvalue weighted by Gasteiger charge is 2.38. The molecule has 2 amide bonds. The normalized spacial score (nSPS) is 24.4. The van der Waals surface area contributed by atoms with E-state index in [1.807, 2.05) is 18.7 Å². The summed E-state index contributed by atoms with van der Waals surface area (Å²) in [6.07, 6.45) is 3.81. The molecule has 0 aromatic carbocycles. The second-order valence-electron chi connectivity index (χ2n) is 6.95. The monoisotopic (exact) mass is 325 g/mol. The molecule has 8 heteroatoms. The van der Waals surface area contributed by atoms with Crippen molar-refractivity contribution in [1.82, 2.24) is 14.3 Å². The van der Waals surface area contributed by atoms with E-state index in [0.29, 0.717) is 23.6 Å². The van der Waals surface area contributed by atoms with Crippen molar-refractivity contribution in [1.29, 1.82) is 0 Å². The van der Waals surface area contributed by atoms with Crippen molar-refractivity contribution < 1.29 is 9.53 Å². The fourth-order valence-electron chi connectivity index (χ4n) is 3.14. The number of hydrogen-bond donors (Lipinski definition) is 2. The minimum atomic E-state index is -0.442. The molecule has 3 N–H and O–H groups in total. The maximum atomic E-state index is 12.3. The largest absolute Gasteiger partial charge is 0.461 e. The van der Waals surface area contributed by atoms with Gasteiger partial charge in [0.05, 0.1) is 0 Å². The van der Waals surface area contributed by atoms with Crippen LogP contribution in [0.1, 0.15) is 33.1 Å². The van der Waals surface area contributed by atoms with Crippen molar-refractivity contribution in [3.05, 3.63) is 0 Å². The topological polar surface area (TPSA) is 93.4 Å². The average Bonchev–Trinajstić information content (AvgIpc) is 3.10. The molecule has 1 saturated carbocycles. The molecule has 22 heavy (non-hydrogen) atoms. The first kappa shape index (κ1) is 15.5. The molecule has 2 unspecified atom stereocenters. The summed E-state index contributed by atoms with van der Waals surface area (Å²) in [7, 11) is 0. The van der Waals surface area contributed by atoms with Gasteiger partial charge in [-0.25, -0.2) is 4.79 Å². The number of nitrogens with two attached hydrogens (primary N) is 1. The molecule has 2 atom stereocenters. The van der Waals surface area contributed by atoms with Gasteiger partial charge in [0.15, 0.2) is 0 Å². The highest BCUT2D eigenvalue weighted by atomic mass is 32.1. The summed E-state index contributed by atoms with van der Waals surface area (Å²) < 4.78 is 9.49. The summed E-state index contributed by atoms with van der Waals surface area (Å²) in [4.78, 5) is 18.3. The molecule has 2 fully saturated rings. The van der Waals surface area contributed by atoms with Crippen LogP contribution in [-0.2, 0) is 0 Å². The highest BCUT2D eigenvalue weighted by molar-refractivity contribution is 7.10. The van der Waals surface area contributed by atoms with E-state index in [0.717, 1.165) is 24.6 Å². The van der Waals surface area contributed by atoms with Crippen LogP contribution in [-0.4, -0.2) is 45.5 Å². The third-order valence-electron chi connectivity index (χ3n) is 4.21. The molecule has 0 spiro atoms. The van der Waals surface area contributed by atoms with Gasteiger partial charge in [-0.3, -0.25) is 5.32 Å². The number of carbonyl (C=O) groups excluding carboxylic acids is 1. The van der Waals surface area contributed by atoms with Crippen molar-refractivity contribution in [3.63, 3.8) is 0 Å². The second-order valence-corrected chi connectivity index (χ2v) is 7.70. The number of likely N-dealkylation sites (tertiary alicyclic amines) is 1. The average molecular weight is 325 g/mol. The number of anilines is 1. The van der Waals surface area contributed by atoms with Gasteiger partial charge in [0.2, 0.25) is 5.13 Å². The van der Waals surface area contributed by atoms with Gasteiger partial charge in [-0.2, -0.15) is 4.98 Å². The number of hydrogen-bond acceptors (Lipinski definition) is 6. The minimum Gasteiger partial charge on any atom is -0.461 e. The number of amides is 2. The number of nitrogens with one attached hydrogen (secondary N) is 1. The number of fused-ring (bicyclic) bond motifs is 1. The summed E-state index contributed by atoms with van der Waals surface area (Å²) in [6.45, 7) is 5.78. The number of urea groups is 1. The molecule has 1 saturated heterocycles. The Morgan fingerprint density at radius 1 is 1.45 bits per heavy atom. The molecule has 0 radical (unpaired) electrons. The number of ether oxygens (including phenoxy) is 1. The Balaban J connectivity index is 1.51. The molecule has 7 nitrogen and oxygen atoms in total. The molecule has 3 rings (SSSR count). The standard InChI is InChI=1S/C14H23N5O2S/c1-14(2,15)8-21-11-16-12(22-18-11)17-13(20)19-6-9-4-3-5-10(9)7-19/h9-10H,3-8,15H2,1-2H3,(H,16,17,18,20). The third kappa shape index (κ3) is 3.67. The van der Waals surface area contributed by atoms with Gasteiger partial charge in [-0.15, -0.1) is 4.37 Å². The first-order chi connectivity index (χ1) is 10.4. The molecule has 2 aliphatic rings.